The Morgan fingerprint density at radius 3 is 2.71 bits per heavy atom. The highest BCUT2D eigenvalue weighted by Crippen LogP contribution is 2.52. The molecule has 5 rings (SSSR count). The van der Waals surface area contributed by atoms with Crippen molar-refractivity contribution >= 4 is 21.6 Å². The molecule has 0 amide bonds. The van der Waals surface area contributed by atoms with Crippen molar-refractivity contribution in [1.29, 1.82) is 0 Å². The van der Waals surface area contributed by atoms with Gasteiger partial charge in [-0.2, -0.15) is 5.10 Å². The second-order valence-electron chi connectivity index (χ2n) is 8.94. The predicted molar refractivity (Wildman–Crippen MR) is 122 cm³/mol. The minimum Gasteiger partial charge on any atom is -0.497 e. The van der Waals surface area contributed by atoms with Crippen molar-refractivity contribution in [2.75, 3.05) is 20.8 Å². The van der Waals surface area contributed by atoms with Crippen LogP contribution in [0.3, 0.4) is 0 Å². The summed E-state index contributed by atoms with van der Waals surface area (Å²) in [4.78, 5) is 0. The summed E-state index contributed by atoms with van der Waals surface area (Å²) in [6.45, 7) is 4.88. The SMILES string of the molecule is COc1ccc(C2=NN3C(C2)c2cc(Br)ccc2OC32CCOC(C)(C)C2)c(OC)c1. The normalized spacial score (nSPS) is 26.0. The minimum atomic E-state index is -0.533. The first kappa shape index (κ1) is 20.6. The second kappa shape index (κ2) is 7.41. The van der Waals surface area contributed by atoms with E-state index in [4.69, 9.17) is 24.0 Å². The molecule has 3 heterocycles. The van der Waals surface area contributed by atoms with Gasteiger partial charge in [-0.3, -0.25) is 0 Å². The summed E-state index contributed by atoms with van der Waals surface area (Å²) < 4.78 is 24.8. The van der Waals surface area contributed by atoms with Crippen LogP contribution in [-0.4, -0.2) is 42.9 Å². The van der Waals surface area contributed by atoms with Crippen LogP contribution in [-0.2, 0) is 4.74 Å². The lowest BCUT2D eigenvalue weighted by atomic mass is 9.86. The monoisotopic (exact) mass is 486 g/mol. The van der Waals surface area contributed by atoms with E-state index in [1.807, 2.05) is 24.3 Å². The average Bonchev–Trinajstić information content (AvgIpc) is 3.20. The zero-order valence-corrected chi connectivity index (χ0v) is 19.9. The number of hydrogen-bond donors (Lipinski definition) is 0. The first-order valence-corrected chi connectivity index (χ1v) is 11.4. The van der Waals surface area contributed by atoms with Gasteiger partial charge < -0.3 is 18.9 Å². The Morgan fingerprint density at radius 2 is 1.97 bits per heavy atom. The molecule has 0 aromatic heterocycles. The zero-order valence-electron chi connectivity index (χ0n) is 18.3. The largest absolute Gasteiger partial charge is 0.497 e. The van der Waals surface area contributed by atoms with E-state index in [-0.39, 0.29) is 11.6 Å². The lowest BCUT2D eigenvalue weighted by Crippen LogP contribution is -2.60. The molecule has 1 spiro atoms. The molecule has 3 aliphatic rings. The van der Waals surface area contributed by atoms with Crippen LogP contribution in [0.1, 0.15) is 50.3 Å². The van der Waals surface area contributed by atoms with Crippen molar-refractivity contribution in [2.45, 2.75) is 50.5 Å². The van der Waals surface area contributed by atoms with Crippen molar-refractivity contribution in [3.63, 3.8) is 0 Å². The molecule has 31 heavy (non-hydrogen) atoms. The fourth-order valence-corrected chi connectivity index (χ4v) is 5.40. The Morgan fingerprint density at radius 1 is 1.13 bits per heavy atom. The van der Waals surface area contributed by atoms with Crippen molar-refractivity contribution in [1.82, 2.24) is 5.01 Å². The van der Waals surface area contributed by atoms with Crippen molar-refractivity contribution < 1.29 is 18.9 Å². The molecule has 0 N–H and O–H groups in total. The van der Waals surface area contributed by atoms with Crippen molar-refractivity contribution in [3.8, 4) is 17.2 Å². The van der Waals surface area contributed by atoms with Crippen LogP contribution in [0.15, 0.2) is 46.0 Å². The summed E-state index contributed by atoms with van der Waals surface area (Å²) in [6.07, 6.45) is 2.28. The Bertz CT molecular complexity index is 1050. The summed E-state index contributed by atoms with van der Waals surface area (Å²) in [5.41, 5.74) is 2.30. The number of hydrogen-bond acceptors (Lipinski definition) is 6. The van der Waals surface area contributed by atoms with Crippen LogP contribution in [0, 0.1) is 0 Å². The van der Waals surface area contributed by atoms with E-state index < -0.39 is 5.72 Å². The predicted octanol–water partition coefficient (Wildman–Crippen LogP) is 5.30. The Labute approximate surface area is 191 Å². The van der Waals surface area contributed by atoms with Gasteiger partial charge in [0.2, 0.25) is 5.72 Å². The Kier molecular flexibility index (Phi) is 4.94. The molecule has 1 fully saturated rings. The molecule has 1 saturated heterocycles. The van der Waals surface area contributed by atoms with Crippen LogP contribution in [0.25, 0.3) is 0 Å². The number of benzene rings is 2. The number of hydrazone groups is 1. The molecular weight excluding hydrogens is 460 g/mol. The number of halogens is 1. The molecule has 2 atom stereocenters. The van der Waals surface area contributed by atoms with Gasteiger partial charge in [-0.25, -0.2) is 5.01 Å². The average molecular weight is 487 g/mol. The van der Waals surface area contributed by atoms with E-state index in [2.05, 4.69) is 46.9 Å². The van der Waals surface area contributed by atoms with Crippen LogP contribution in [0.5, 0.6) is 17.2 Å². The van der Waals surface area contributed by atoms with Gasteiger partial charge in [0.25, 0.3) is 0 Å². The van der Waals surface area contributed by atoms with Crippen molar-refractivity contribution in [2.24, 2.45) is 5.10 Å². The second-order valence-corrected chi connectivity index (χ2v) is 9.86. The topological polar surface area (TPSA) is 52.5 Å². The summed E-state index contributed by atoms with van der Waals surface area (Å²) in [7, 11) is 3.34. The van der Waals surface area contributed by atoms with Crippen LogP contribution in [0.2, 0.25) is 0 Å². The minimum absolute atomic E-state index is 0.0944. The van der Waals surface area contributed by atoms with Crippen LogP contribution >= 0.6 is 15.9 Å². The maximum absolute atomic E-state index is 6.71. The lowest BCUT2D eigenvalue weighted by molar-refractivity contribution is -0.212. The van der Waals surface area contributed by atoms with Crippen molar-refractivity contribution in [3.05, 3.63) is 52.0 Å². The number of methoxy groups -OCH3 is 2. The highest BCUT2D eigenvalue weighted by atomic mass is 79.9. The fraction of sp³-hybridized carbons (Fsp3) is 0.458. The first-order valence-electron chi connectivity index (χ1n) is 10.6. The standard InChI is InChI=1S/C24H27BrN2O4/c1-23(2)14-24(9-10-30-23)27-20(18-11-15(25)5-8-21(18)31-24)13-19(26-27)17-7-6-16(28-3)12-22(17)29-4/h5-8,11-12,20H,9-10,13-14H2,1-4H3. The van der Waals surface area contributed by atoms with E-state index in [1.165, 1.54) is 0 Å². The Hall–Kier alpha value is -2.25. The smallest absolute Gasteiger partial charge is 0.203 e. The van der Waals surface area contributed by atoms with Gasteiger partial charge in [0.1, 0.15) is 17.2 Å². The third-order valence-electron chi connectivity index (χ3n) is 6.37. The summed E-state index contributed by atoms with van der Waals surface area (Å²) in [5, 5.41) is 7.33. The fourth-order valence-electron chi connectivity index (χ4n) is 5.03. The van der Waals surface area contributed by atoms with Gasteiger partial charge in [-0.15, -0.1) is 0 Å². The van der Waals surface area contributed by atoms with E-state index in [0.717, 1.165) is 57.8 Å². The highest BCUT2D eigenvalue weighted by molar-refractivity contribution is 9.10. The summed E-state index contributed by atoms with van der Waals surface area (Å²) >= 11 is 3.63. The molecule has 6 nitrogen and oxygen atoms in total. The molecule has 3 aliphatic heterocycles. The third kappa shape index (κ3) is 3.48. The molecule has 0 bridgehead atoms. The molecule has 164 valence electrons. The molecule has 2 aromatic carbocycles. The van der Waals surface area contributed by atoms with Gasteiger partial charge in [0.05, 0.1) is 38.2 Å². The summed E-state index contributed by atoms with van der Waals surface area (Å²) in [6, 6.07) is 12.2. The van der Waals surface area contributed by atoms with Gasteiger partial charge >= 0.3 is 0 Å². The van der Waals surface area contributed by atoms with Gasteiger partial charge in [-0.05, 0) is 44.2 Å². The van der Waals surface area contributed by atoms with Gasteiger partial charge in [-0.1, -0.05) is 15.9 Å². The van der Waals surface area contributed by atoms with Gasteiger partial charge in [0, 0.05) is 40.9 Å². The maximum atomic E-state index is 6.71. The maximum Gasteiger partial charge on any atom is 0.203 e. The number of ether oxygens (including phenoxy) is 4. The summed E-state index contributed by atoms with van der Waals surface area (Å²) in [5.74, 6) is 2.45. The number of nitrogens with zero attached hydrogens (tertiary/aromatic N) is 2. The molecule has 0 saturated carbocycles. The Balaban J connectivity index is 1.62. The number of fused-ring (bicyclic) bond motifs is 4. The van der Waals surface area contributed by atoms with E-state index in [9.17, 15) is 0 Å². The third-order valence-corrected chi connectivity index (χ3v) is 6.86. The number of rotatable bonds is 3. The molecule has 0 aliphatic carbocycles. The van der Waals surface area contributed by atoms with E-state index in [1.54, 1.807) is 14.2 Å². The quantitative estimate of drug-likeness (QED) is 0.589. The van der Waals surface area contributed by atoms with E-state index >= 15 is 0 Å². The van der Waals surface area contributed by atoms with Gasteiger partial charge in [0.15, 0.2) is 0 Å². The first-order chi connectivity index (χ1) is 14.8. The molecule has 7 heteroatoms. The molecule has 0 radical (unpaired) electrons. The van der Waals surface area contributed by atoms with Crippen LogP contribution in [0.4, 0.5) is 0 Å². The van der Waals surface area contributed by atoms with E-state index in [0.29, 0.717) is 6.61 Å². The lowest BCUT2D eigenvalue weighted by Gasteiger charge is -2.52. The molecular formula is C24H27BrN2O4. The zero-order chi connectivity index (χ0) is 21.8. The highest BCUT2D eigenvalue weighted by Gasteiger charge is 2.54. The molecule has 2 aromatic rings. The molecule has 2 unspecified atom stereocenters. The van der Waals surface area contributed by atoms with Crippen LogP contribution < -0.4 is 14.2 Å².